The molecule has 18 heavy (non-hydrogen) atoms. The summed E-state index contributed by atoms with van der Waals surface area (Å²) >= 11 is 12.0. The Morgan fingerprint density at radius 2 is 2.06 bits per heavy atom. The van der Waals surface area contributed by atoms with E-state index in [0.717, 1.165) is 32.5 Å². The largest absolute Gasteiger partial charge is 0.489 e. The molecule has 1 aromatic carbocycles. The van der Waals surface area contributed by atoms with Crippen LogP contribution in [0.15, 0.2) is 18.2 Å². The Hall–Kier alpha value is -0.480. The third-order valence-electron chi connectivity index (χ3n) is 3.05. The van der Waals surface area contributed by atoms with E-state index in [1.54, 1.807) is 18.2 Å². The van der Waals surface area contributed by atoms with Crippen molar-refractivity contribution in [2.75, 3.05) is 26.2 Å². The normalized spacial score (nSPS) is 20.9. The van der Waals surface area contributed by atoms with E-state index in [0.29, 0.717) is 22.4 Å². The fraction of sp³-hybridized carbons (Fsp3) is 0.538. The average Bonchev–Trinajstić information content (AvgIpc) is 2.33. The van der Waals surface area contributed by atoms with Crippen molar-refractivity contribution in [3.05, 3.63) is 28.2 Å². The van der Waals surface area contributed by atoms with Gasteiger partial charge in [0, 0.05) is 13.1 Å². The molecule has 1 aliphatic rings. The first-order valence-electron chi connectivity index (χ1n) is 6.14. The number of hydrogen-bond donors (Lipinski definition) is 1. The van der Waals surface area contributed by atoms with Crippen LogP contribution in [0.2, 0.25) is 10.0 Å². The number of aliphatic hydroxyl groups excluding tert-OH is 1. The van der Waals surface area contributed by atoms with Crippen LogP contribution in [0.5, 0.6) is 5.75 Å². The Balaban J connectivity index is 1.81. The number of rotatable bonds is 4. The molecule has 1 aromatic rings. The van der Waals surface area contributed by atoms with Crippen molar-refractivity contribution in [2.45, 2.75) is 18.9 Å². The van der Waals surface area contributed by atoms with Gasteiger partial charge in [-0.2, -0.15) is 0 Å². The predicted octanol–water partition coefficient (Wildman–Crippen LogP) is 2.83. The minimum absolute atomic E-state index is 0.206. The smallest absolute Gasteiger partial charge is 0.156 e. The van der Waals surface area contributed by atoms with Crippen LogP contribution in [0, 0.1) is 0 Å². The van der Waals surface area contributed by atoms with Gasteiger partial charge in [-0.3, -0.25) is 4.90 Å². The highest BCUT2D eigenvalue weighted by Crippen LogP contribution is 2.32. The van der Waals surface area contributed by atoms with Crippen molar-refractivity contribution >= 4 is 23.2 Å². The van der Waals surface area contributed by atoms with Gasteiger partial charge in [0.25, 0.3) is 0 Å². The van der Waals surface area contributed by atoms with E-state index in [1.807, 2.05) is 0 Å². The lowest BCUT2D eigenvalue weighted by Gasteiger charge is -2.29. The lowest BCUT2D eigenvalue weighted by Crippen LogP contribution is -2.40. The number of ether oxygens (including phenoxy) is 1. The summed E-state index contributed by atoms with van der Waals surface area (Å²) in [6, 6.07) is 5.30. The van der Waals surface area contributed by atoms with Crippen LogP contribution in [0.1, 0.15) is 12.8 Å². The van der Waals surface area contributed by atoms with Gasteiger partial charge in [-0.15, -0.1) is 0 Å². The molecule has 1 saturated heterocycles. The third-order valence-corrected chi connectivity index (χ3v) is 3.65. The van der Waals surface area contributed by atoms with Crippen LogP contribution in [0.3, 0.4) is 0 Å². The molecule has 0 unspecified atom stereocenters. The first-order valence-corrected chi connectivity index (χ1v) is 6.89. The lowest BCUT2D eigenvalue weighted by atomic mass is 10.1. The topological polar surface area (TPSA) is 32.7 Å². The fourth-order valence-electron chi connectivity index (χ4n) is 2.13. The number of hydrogen-bond acceptors (Lipinski definition) is 3. The monoisotopic (exact) mass is 289 g/mol. The van der Waals surface area contributed by atoms with Crippen molar-refractivity contribution < 1.29 is 9.84 Å². The van der Waals surface area contributed by atoms with Crippen molar-refractivity contribution in [1.82, 2.24) is 4.90 Å². The highest BCUT2D eigenvalue weighted by atomic mass is 35.5. The molecule has 1 heterocycles. The van der Waals surface area contributed by atoms with Gasteiger partial charge in [-0.1, -0.05) is 29.3 Å². The molecule has 0 radical (unpaired) electrons. The summed E-state index contributed by atoms with van der Waals surface area (Å²) in [4.78, 5) is 2.19. The van der Waals surface area contributed by atoms with Crippen LogP contribution >= 0.6 is 23.2 Å². The van der Waals surface area contributed by atoms with Crippen LogP contribution < -0.4 is 4.74 Å². The molecule has 1 aliphatic heterocycles. The SMILES string of the molecule is O[C@H]1CCCN(CCOc2c(Cl)cccc2Cl)C1. The zero-order chi connectivity index (χ0) is 13.0. The maximum atomic E-state index is 9.56. The molecule has 0 aliphatic carbocycles. The summed E-state index contributed by atoms with van der Waals surface area (Å²) in [5.41, 5.74) is 0. The van der Waals surface area contributed by atoms with E-state index in [1.165, 1.54) is 0 Å². The van der Waals surface area contributed by atoms with E-state index in [4.69, 9.17) is 27.9 Å². The number of nitrogens with zero attached hydrogens (tertiary/aromatic N) is 1. The Labute approximate surface area is 117 Å². The Morgan fingerprint density at radius 3 is 2.72 bits per heavy atom. The van der Waals surface area contributed by atoms with Crippen molar-refractivity contribution in [1.29, 1.82) is 0 Å². The molecule has 1 atom stereocenters. The van der Waals surface area contributed by atoms with Crippen LogP contribution in [0.25, 0.3) is 0 Å². The molecule has 0 saturated carbocycles. The Bertz CT molecular complexity index is 380. The third kappa shape index (κ3) is 3.75. The number of aliphatic hydroxyl groups is 1. The molecular weight excluding hydrogens is 273 g/mol. The number of benzene rings is 1. The summed E-state index contributed by atoms with van der Waals surface area (Å²) in [6.07, 6.45) is 1.73. The van der Waals surface area contributed by atoms with E-state index in [9.17, 15) is 5.11 Å². The van der Waals surface area contributed by atoms with Gasteiger partial charge in [0.15, 0.2) is 5.75 Å². The van der Waals surface area contributed by atoms with Crippen LogP contribution in [0.4, 0.5) is 0 Å². The van der Waals surface area contributed by atoms with Crippen molar-refractivity contribution in [3.63, 3.8) is 0 Å². The summed E-state index contributed by atoms with van der Waals surface area (Å²) < 4.78 is 5.62. The minimum atomic E-state index is -0.206. The maximum absolute atomic E-state index is 9.56. The molecule has 0 spiro atoms. The molecule has 0 amide bonds. The average molecular weight is 290 g/mol. The molecule has 0 bridgehead atoms. The standard InChI is InChI=1S/C13H17Cl2NO2/c14-11-4-1-5-12(15)13(11)18-8-7-16-6-2-3-10(17)9-16/h1,4-5,10,17H,2-3,6-9H2/t10-/m0/s1. The molecule has 2 rings (SSSR count). The predicted molar refractivity (Wildman–Crippen MR) is 73.6 cm³/mol. The number of halogens is 2. The van der Waals surface area contributed by atoms with Crippen LogP contribution in [-0.2, 0) is 0 Å². The molecule has 0 aromatic heterocycles. The summed E-state index contributed by atoms with van der Waals surface area (Å²) in [6.45, 7) is 3.03. The maximum Gasteiger partial charge on any atom is 0.156 e. The van der Waals surface area contributed by atoms with Gasteiger partial charge in [-0.25, -0.2) is 0 Å². The molecule has 3 nitrogen and oxygen atoms in total. The number of likely N-dealkylation sites (tertiary alicyclic amines) is 1. The van der Waals surface area contributed by atoms with E-state index >= 15 is 0 Å². The van der Waals surface area contributed by atoms with Gasteiger partial charge in [-0.05, 0) is 31.5 Å². The number of piperidine rings is 1. The van der Waals surface area contributed by atoms with E-state index < -0.39 is 0 Å². The Kier molecular flexibility index (Phi) is 5.13. The second kappa shape index (κ2) is 6.62. The summed E-state index contributed by atoms with van der Waals surface area (Å²) in [5, 5.41) is 10.6. The number of para-hydroxylation sites is 1. The zero-order valence-corrected chi connectivity index (χ0v) is 11.6. The molecule has 1 N–H and O–H groups in total. The molecule has 1 fully saturated rings. The number of β-amino-alcohol motifs (C(OH)–C–C–N with tert-alkyl or cyclic N) is 1. The fourth-order valence-corrected chi connectivity index (χ4v) is 2.64. The Morgan fingerprint density at radius 1 is 1.33 bits per heavy atom. The van der Waals surface area contributed by atoms with Gasteiger partial charge in [0.05, 0.1) is 16.1 Å². The molecule has 100 valence electrons. The zero-order valence-electron chi connectivity index (χ0n) is 10.1. The van der Waals surface area contributed by atoms with Crippen molar-refractivity contribution in [2.24, 2.45) is 0 Å². The van der Waals surface area contributed by atoms with E-state index in [2.05, 4.69) is 4.90 Å². The first-order chi connectivity index (χ1) is 8.66. The lowest BCUT2D eigenvalue weighted by molar-refractivity contribution is 0.0633. The molecular formula is C13H17Cl2NO2. The van der Waals surface area contributed by atoms with Gasteiger partial charge in [0.1, 0.15) is 6.61 Å². The van der Waals surface area contributed by atoms with E-state index in [-0.39, 0.29) is 6.10 Å². The second-order valence-corrected chi connectivity index (χ2v) is 5.31. The summed E-state index contributed by atoms with van der Waals surface area (Å²) in [5.74, 6) is 0.540. The molecule has 5 heteroatoms. The second-order valence-electron chi connectivity index (χ2n) is 4.50. The minimum Gasteiger partial charge on any atom is -0.489 e. The first kappa shape index (κ1) is 13.9. The quantitative estimate of drug-likeness (QED) is 0.925. The van der Waals surface area contributed by atoms with Gasteiger partial charge in [0.2, 0.25) is 0 Å². The highest BCUT2D eigenvalue weighted by Gasteiger charge is 2.17. The van der Waals surface area contributed by atoms with Gasteiger partial charge >= 0.3 is 0 Å². The van der Waals surface area contributed by atoms with Gasteiger partial charge < -0.3 is 9.84 Å². The van der Waals surface area contributed by atoms with Crippen molar-refractivity contribution in [3.8, 4) is 5.75 Å². The van der Waals surface area contributed by atoms with Crippen LogP contribution in [-0.4, -0.2) is 42.4 Å². The highest BCUT2D eigenvalue weighted by molar-refractivity contribution is 6.37. The summed E-state index contributed by atoms with van der Waals surface area (Å²) in [7, 11) is 0.